The third kappa shape index (κ3) is 4.24. The fraction of sp³-hybridized carbons (Fsp3) is 0.125. The highest BCUT2D eigenvalue weighted by Gasteiger charge is 2.03. The molecule has 0 aliphatic heterocycles. The predicted molar refractivity (Wildman–Crippen MR) is 81.5 cm³/mol. The zero-order valence-electron chi connectivity index (χ0n) is 11.8. The molecule has 0 bridgehead atoms. The number of rotatable bonds is 5. The van der Waals surface area contributed by atoms with E-state index in [0.717, 1.165) is 0 Å². The summed E-state index contributed by atoms with van der Waals surface area (Å²) >= 11 is 0. The average molecular weight is 302 g/mol. The number of hydrogen-bond acceptors (Lipinski definition) is 4. The van der Waals surface area contributed by atoms with Gasteiger partial charge in [-0.05, 0) is 36.4 Å². The van der Waals surface area contributed by atoms with Crippen LogP contribution in [-0.2, 0) is 0 Å². The molecular formula is C16H18N2O4+2. The van der Waals surface area contributed by atoms with Gasteiger partial charge in [-0.25, -0.2) is 9.98 Å². The molecule has 2 aromatic carbocycles. The lowest BCUT2D eigenvalue weighted by Crippen LogP contribution is -2.81. The van der Waals surface area contributed by atoms with Gasteiger partial charge in [-0.2, -0.15) is 0 Å². The van der Waals surface area contributed by atoms with Crippen molar-refractivity contribution in [3.8, 4) is 23.0 Å². The van der Waals surface area contributed by atoms with Crippen LogP contribution in [-0.4, -0.2) is 45.9 Å². The number of aromatic hydroxyl groups is 4. The fourth-order valence-electron chi connectivity index (χ4n) is 1.82. The summed E-state index contributed by atoms with van der Waals surface area (Å²) in [4.78, 5) is 5.98. The van der Waals surface area contributed by atoms with Crippen LogP contribution in [0.25, 0.3) is 0 Å². The van der Waals surface area contributed by atoms with Gasteiger partial charge in [-0.1, -0.05) is 0 Å². The molecule has 0 saturated heterocycles. The Morgan fingerprint density at radius 2 is 1.09 bits per heavy atom. The third-order valence-corrected chi connectivity index (χ3v) is 2.95. The molecule has 0 fully saturated rings. The van der Waals surface area contributed by atoms with E-state index in [4.69, 9.17) is 0 Å². The molecule has 114 valence electrons. The van der Waals surface area contributed by atoms with Crippen LogP contribution in [0.1, 0.15) is 11.1 Å². The Balaban J connectivity index is 1.89. The van der Waals surface area contributed by atoms with Gasteiger partial charge in [0.15, 0.2) is 25.5 Å². The Kier molecular flexibility index (Phi) is 4.98. The normalized spacial score (nSPS) is 11.5. The first-order chi connectivity index (χ1) is 10.6. The minimum atomic E-state index is 0.0782. The summed E-state index contributed by atoms with van der Waals surface area (Å²) in [5.74, 6) is 0.317. The number of hydrogen-bond donors (Lipinski definition) is 6. The molecule has 0 heterocycles. The van der Waals surface area contributed by atoms with Crippen LogP contribution in [0.15, 0.2) is 36.4 Å². The van der Waals surface area contributed by atoms with Crippen LogP contribution in [0.3, 0.4) is 0 Å². The van der Waals surface area contributed by atoms with Crippen LogP contribution >= 0.6 is 0 Å². The van der Waals surface area contributed by atoms with Crippen molar-refractivity contribution in [3.63, 3.8) is 0 Å². The summed E-state index contributed by atoms with van der Waals surface area (Å²) in [6, 6.07) is 8.55. The van der Waals surface area contributed by atoms with Crippen molar-refractivity contribution in [1.82, 2.24) is 0 Å². The number of phenolic OH excluding ortho intramolecular Hbond substituents is 4. The van der Waals surface area contributed by atoms with E-state index in [9.17, 15) is 20.4 Å². The van der Waals surface area contributed by atoms with E-state index in [1.807, 2.05) is 0 Å². The molecule has 0 radical (unpaired) electrons. The standard InChI is InChI=1S/C16H16N2O4/c19-13-1-3-15(21)11(7-13)9-17-5-6-18-10-12-8-14(20)2-4-16(12)22/h1-4,7-10,19-22H,5-6H2/p+2. The summed E-state index contributed by atoms with van der Waals surface area (Å²) in [5, 5.41) is 37.8. The fourth-order valence-corrected chi connectivity index (χ4v) is 1.82. The summed E-state index contributed by atoms with van der Waals surface area (Å²) in [6.45, 7) is 1.12. The number of phenols is 4. The van der Waals surface area contributed by atoms with Crippen LogP contribution in [0.4, 0.5) is 0 Å². The van der Waals surface area contributed by atoms with E-state index < -0.39 is 0 Å². The average Bonchev–Trinajstić information content (AvgIpc) is 2.49. The molecule has 0 spiro atoms. The molecule has 2 aromatic rings. The summed E-state index contributed by atoms with van der Waals surface area (Å²) in [6.07, 6.45) is 3.20. The lowest BCUT2D eigenvalue weighted by atomic mass is 10.2. The van der Waals surface area contributed by atoms with E-state index in [0.29, 0.717) is 24.2 Å². The van der Waals surface area contributed by atoms with Crippen LogP contribution in [0.2, 0.25) is 0 Å². The Bertz CT molecular complexity index is 650. The molecule has 0 aliphatic rings. The second kappa shape index (κ2) is 7.12. The van der Waals surface area contributed by atoms with Crippen LogP contribution < -0.4 is 9.98 Å². The van der Waals surface area contributed by atoms with Crippen LogP contribution in [0, 0.1) is 0 Å². The van der Waals surface area contributed by atoms with E-state index in [2.05, 4.69) is 9.98 Å². The molecule has 0 atom stereocenters. The lowest BCUT2D eigenvalue weighted by molar-refractivity contribution is -0.532. The van der Waals surface area contributed by atoms with Gasteiger partial charge in [0.05, 0.1) is 11.1 Å². The van der Waals surface area contributed by atoms with E-state index in [1.165, 1.54) is 36.4 Å². The summed E-state index contributed by atoms with van der Waals surface area (Å²) in [5.41, 5.74) is 0.990. The second-order valence-electron chi connectivity index (χ2n) is 4.68. The molecular weight excluding hydrogens is 284 g/mol. The predicted octanol–water partition coefficient (Wildman–Crippen LogP) is -1.79. The molecule has 6 nitrogen and oxygen atoms in total. The molecule has 22 heavy (non-hydrogen) atoms. The van der Waals surface area contributed by atoms with Crippen molar-refractivity contribution in [1.29, 1.82) is 0 Å². The van der Waals surface area contributed by atoms with Crippen molar-refractivity contribution in [3.05, 3.63) is 47.5 Å². The molecule has 6 heteroatoms. The quantitative estimate of drug-likeness (QED) is 0.223. The van der Waals surface area contributed by atoms with Gasteiger partial charge in [0.2, 0.25) is 0 Å². The SMILES string of the molecule is Oc1ccc(O)c(C=[NH+]CC[NH+]=Cc2cc(O)ccc2O)c1. The molecule has 0 aromatic heterocycles. The van der Waals surface area contributed by atoms with E-state index in [-0.39, 0.29) is 23.0 Å². The summed E-state index contributed by atoms with van der Waals surface area (Å²) in [7, 11) is 0. The zero-order chi connectivity index (χ0) is 15.9. The number of nitrogens with one attached hydrogen (secondary N) is 2. The first kappa shape index (κ1) is 15.4. The Morgan fingerprint density at radius 3 is 1.50 bits per heavy atom. The minimum absolute atomic E-state index is 0.0782. The van der Waals surface area contributed by atoms with Gasteiger partial charge in [-0.15, -0.1) is 0 Å². The number of benzene rings is 2. The summed E-state index contributed by atoms with van der Waals surface area (Å²) < 4.78 is 0. The third-order valence-electron chi connectivity index (χ3n) is 2.95. The van der Waals surface area contributed by atoms with E-state index >= 15 is 0 Å². The smallest absolute Gasteiger partial charge is 0.198 e. The van der Waals surface area contributed by atoms with Crippen molar-refractivity contribution in [2.24, 2.45) is 0 Å². The first-order valence-electron chi connectivity index (χ1n) is 6.73. The highest BCUT2D eigenvalue weighted by Crippen LogP contribution is 2.19. The van der Waals surface area contributed by atoms with E-state index in [1.54, 1.807) is 12.4 Å². The maximum atomic E-state index is 9.59. The zero-order valence-corrected chi connectivity index (χ0v) is 11.8. The van der Waals surface area contributed by atoms with Gasteiger partial charge < -0.3 is 20.4 Å². The molecule has 0 amide bonds. The minimum Gasteiger partial charge on any atom is -0.508 e. The first-order valence-corrected chi connectivity index (χ1v) is 6.73. The van der Waals surface area contributed by atoms with Gasteiger partial charge in [-0.3, -0.25) is 0 Å². The maximum Gasteiger partial charge on any atom is 0.198 e. The Morgan fingerprint density at radius 1 is 0.682 bits per heavy atom. The lowest BCUT2D eigenvalue weighted by Gasteiger charge is -1.96. The molecule has 0 aliphatic carbocycles. The topological polar surface area (TPSA) is 109 Å². The van der Waals surface area contributed by atoms with Crippen molar-refractivity contribution in [2.75, 3.05) is 13.1 Å². The van der Waals surface area contributed by atoms with Gasteiger partial charge in [0.1, 0.15) is 23.0 Å². The van der Waals surface area contributed by atoms with Gasteiger partial charge in [0.25, 0.3) is 0 Å². The molecule has 0 unspecified atom stereocenters. The largest absolute Gasteiger partial charge is 0.508 e. The highest BCUT2D eigenvalue weighted by molar-refractivity contribution is 5.80. The van der Waals surface area contributed by atoms with Gasteiger partial charge >= 0.3 is 0 Å². The van der Waals surface area contributed by atoms with Crippen molar-refractivity contribution >= 4 is 12.4 Å². The Labute approximate surface area is 127 Å². The Hall–Kier alpha value is -3.02. The maximum absolute atomic E-state index is 9.59. The molecule has 2 rings (SSSR count). The van der Waals surface area contributed by atoms with Crippen molar-refractivity contribution < 1.29 is 30.4 Å². The molecule has 0 saturated carbocycles. The van der Waals surface area contributed by atoms with Crippen molar-refractivity contribution in [2.45, 2.75) is 0 Å². The van der Waals surface area contributed by atoms with Crippen LogP contribution in [0.5, 0.6) is 23.0 Å². The second-order valence-corrected chi connectivity index (χ2v) is 4.68. The molecule has 6 N–H and O–H groups in total. The highest BCUT2D eigenvalue weighted by atomic mass is 16.3. The monoisotopic (exact) mass is 302 g/mol. The van der Waals surface area contributed by atoms with Gasteiger partial charge in [0, 0.05) is 0 Å².